The highest BCUT2D eigenvalue weighted by Crippen LogP contribution is 2.19. The number of benzene rings is 1. The number of hydrogen-bond acceptors (Lipinski definition) is 2. The van der Waals surface area contributed by atoms with E-state index in [2.05, 4.69) is 16.7 Å². The fraction of sp³-hybridized carbons (Fsp3) is 0.375. The molecule has 0 spiro atoms. The van der Waals surface area contributed by atoms with Crippen LogP contribution in [0.5, 0.6) is 0 Å². The predicted octanol–water partition coefficient (Wildman–Crippen LogP) is 2.68. The molecule has 5 nitrogen and oxygen atoms in total. The lowest BCUT2D eigenvalue weighted by molar-refractivity contribution is 0.0697. The number of aromatic carboxylic acids is 1. The lowest BCUT2D eigenvalue weighted by Crippen LogP contribution is -2.35. The van der Waals surface area contributed by atoms with Crippen molar-refractivity contribution in [2.24, 2.45) is 0 Å². The Morgan fingerprint density at radius 3 is 2.52 bits per heavy atom. The molecule has 0 radical (unpaired) electrons. The summed E-state index contributed by atoms with van der Waals surface area (Å²) >= 11 is 0. The van der Waals surface area contributed by atoms with Crippen molar-refractivity contribution in [2.45, 2.75) is 32.2 Å². The second kappa shape index (κ2) is 7.47. The van der Waals surface area contributed by atoms with Crippen LogP contribution >= 0.6 is 0 Å². The zero-order valence-electron chi connectivity index (χ0n) is 11.9. The number of carboxylic acids is 1. The molecule has 1 aromatic carbocycles. The molecule has 0 aromatic heterocycles. The van der Waals surface area contributed by atoms with E-state index in [1.165, 1.54) is 24.1 Å². The number of hydrogen-bond donors (Lipinski definition) is 3. The molecule has 0 aliphatic heterocycles. The third kappa shape index (κ3) is 4.95. The maximum Gasteiger partial charge on any atom is 0.335 e. The van der Waals surface area contributed by atoms with Crippen molar-refractivity contribution in [3.63, 3.8) is 0 Å². The number of carbonyl (C=O) groups is 2. The summed E-state index contributed by atoms with van der Waals surface area (Å²) in [5, 5.41) is 14.4. The Morgan fingerprint density at radius 2 is 1.90 bits per heavy atom. The van der Waals surface area contributed by atoms with Crippen molar-refractivity contribution >= 4 is 12.0 Å². The van der Waals surface area contributed by atoms with Gasteiger partial charge in [-0.15, -0.1) is 0 Å². The van der Waals surface area contributed by atoms with Gasteiger partial charge in [0.05, 0.1) is 5.56 Å². The van der Waals surface area contributed by atoms with Gasteiger partial charge in [0.15, 0.2) is 0 Å². The number of urea groups is 1. The lowest BCUT2D eigenvalue weighted by Gasteiger charge is -2.08. The molecule has 0 saturated carbocycles. The van der Waals surface area contributed by atoms with Crippen LogP contribution in [-0.4, -0.2) is 23.7 Å². The van der Waals surface area contributed by atoms with Gasteiger partial charge in [0.25, 0.3) is 0 Å². The normalized spacial score (nSPS) is 13.6. The third-order valence-corrected chi connectivity index (χ3v) is 3.52. The van der Waals surface area contributed by atoms with Gasteiger partial charge in [0, 0.05) is 13.1 Å². The average Bonchev–Trinajstić information content (AvgIpc) is 2.99. The first-order valence-electron chi connectivity index (χ1n) is 7.17. The second-order valence-corrected chi connectivity index (χ2v) is 5.12. The summed E-state index contributed by atoms with van der Waals surface area (Å²) in [6.45, 7) is 1.03. The van der Waals surface area contributed by atoms with Gasteiger partial charge in [-0.25, -0.2) is 9.59 Å². The third-order valence-electron chi connectivity index (χ3n) is 3.52. The summed E-state index contributed by atoms with van der Waals surface area (Å²) in [5.74, 6) is -0.950. The molecule has 5 heteroatoms. The Labute approximate surface area is 124 Å². The van der Waals surface area contributed by atoms with E-state index in [1.807, 2.05) is 0 Å². The Bertz CT molecular complexity index is 535. The van der Waals surface area contributed by atoms with Crippen LogP contribution in [0.2, 0.25) is 0 Å². The number of carbonyl (C=O) groups excluding carboxylic acids is 1. The van der Waals surface area contributed by atoms with Crippen LogP contribution in [0.15, 0.2) is 35.9 Å². The van der Waals surface area contributed by atoms with Gasteiger partial charge in [-0.05, 0) is 43.4 Å². The van der Waals surface area contributed by atoms with Crippen LogP contribution in [0.1, 0.15) is 41.6 Å². The molecule has 0 unspecified atom stereocenters. The summed E-state index contributed by atoms with van der Waals surface area (Å²) in [7, 11) is 0. The molecule has 0 bridgehead atoms. The summed E-state index contributed by atoms with van der Waals surface area (Å²) in [6.07, 6.45) is 6.71. The molecule has 1 aromatic rings. The van der Waals surface area contributed by atoms with E-state index in [0.717, 1.165) is 24.8 Å². The van der Waals surface area contributed by atoms with Gasteiger partial charge in [0.2, 0.25) is 0 Å². The maximum atomic E-state index is 11.6. The Balaban J connectivity index is 1.67. The van der Waals surface area contributed by atoms with Crippen LogP contribution < -0.4 is 10.6 Å². The average molecular weight is 288 g/mol. The first-order valence-corrected chi connectivity index (χ1v) is 7.17. The number of rotatable bonds is 6. The fourth-order valence-corrected chi connectivity index (χ4v) is 2.31. The van der Waals surface area contributed by atoms with Gasteiger partial charge >= 0.3 is 12.0 Å². The van der Waals surface area contributed by atoms with E-state index in [-0.39, 0.29) is 11.6 Å². The molecule has 0 saturated heterocycles. The maximum absolute atomic E-state index is 11.6. The topological polar surface area (TPSA) is 78.4 Å². The van der Waals surface area contributed by atoms with Gasteiger partial charge in [0.1, 0.15) is 0 Å². The van der Waals surface area contributed by atoms with E-state index in [1.54, 1.807) is 12.1 Å². The molecule has 112 valence electrons. The zero-order chi connectivity index (χ0) is 15.1. The highest BCUT2D eigenvalue weighted by atomic mass is 16.4. The number of carboxylic acid groups (broad SMARTS) is 1. The van der Waals surface area contributed by atoms with Crippen molar-refractivity contribution < 1.29 is 14.7 Å². The van der Waals surface area contributed by atoms with Crippen LogP contribution in [0.4, 0.5) is 4.79 Å². The van der Waals surface area contributed by atoms with E-state index in [4.69, 9.17) is 5.11 Å². The van der Waals surface area contributed by atoms with Crippen LogP contribution in [0.25, 0.3) is 0 Å². The monoisotopic (exact) mass is 288 g/mol. The minimum absolute atomic E-state index is 0.198. The van der Waals surface area contributed by atoms with Gasteiger partial charge in [-0.2, -0.15) is 0 Å². The first kappa shape index (κ1) is 15.1. The minimum Gasteiger partial charge on any atom is -0.478 e. The van der Waals surface area contributed by atoms with Gasteiger partial charge < -0.3 is 15.7 Å². The largest absolute Gasteiger partial charge is 0.478 e. The molecule has 1 aliphatic carbocycles. The van der Waals surface area contributed by atoms with E-state index < -0.39 is 5.97 Å². The highest BCUT2D eigenvalue weighted by molar-refractivity contribution is 5.87. The summed E-state index contributed by atoms with van der Waals surface area (Å²) < 4.78 is 0. The van der Waals surface area contributed by atoms with E-state index >= 15 is 0 Å². The molecule has 0 atom stereocenters. The molecular weight excluding hydrogens is 268 g/mol. The Morgan fingerprint density at radius 1 is 1.14 bits per heavy atom. The minimum atomic E-state index is -0.950. The van der Waals surface area contributed by atoms with Gasteiger partial charge in [-0.1, -0.05) is 23.8 Å². The van der Waals surface area contributed by atoms with Crippen LogP contribution in [0.3, 0.4) is 0 Å². The predicted molar refractivity (Wildman–Crippen MR) is 80.2 cm³/mol. The second-order valence-electron chi connectivity index (χ2n) is 5.12. The molecule has 0 heterocycles. The number of amides is 2. The summed E-state index contributed by atoms with van der Waals surface area (Å²) in [5.41, 5.74) is 2.54. The van der Waals surface area contributed by atoms with Gasteiger partial charge in [-0.3, -0.25) is 0 Å². The molecule has 1 aliphatic rings. The van der Waals surface area contributed by atoms with Crippen molar-refractivity contribution in [2.75, 3.05) is 6.54 Å². The van der Waals surface area contributed by atoms with E-state index in [0.29, 0.717) is 13.1 Å². The molecule has 21 heavy (non-hydrogen) atoms. The van der Waals surface area contributed by atoms with Crippen LogP contribution in [-0.2, 0) is 6.54 Å². The quantitative estimate of drug-likeness (QED) is 0.704. The smallest absolute Gasteiger partial charge is 0.335 e. The van der Waals surface area contributed by atoms with Crippen LogP contribution in [0, 0.1) is 0 Å². The van der Waals surface area contributed by atoms with Crippen molar-refractivity contribution in [3.8, 4) is 0 Å². The number of nitrogens with one attached hydrogen (secondary N) is 2. The van der Waals surface area contributed by atoms with E-state index in [9.17, 15) is 9.59 Å². The Kier molecular flexibility index (Phi) is 5.37. The standard InChI is InChI=1S/C16H20N2O3/c19-15(20)14-7-5-13(6-8-14)11-18-16(21)17-10-9-12-3-1-2-4-12/h3,5-8H,1-2,4,9-11H2,(H,19,20)(H2,17,18,21). The molecule has 0 fully saturated rings. The Hall–Kier alpha value is -2.30. The molecule has 2 amide bonds. The van der Waals surface area contributed by atoms with Crippen molar-refractivity contribution in [3.05, 3.63) is 47.0 Å². The number of allylic oxidation sites excluding steroid dienone is 1. The summed E-state index contributed by atoms with van der Waals surface area (Å²) in [4.78, 5) is 22.4. The molecular formula is C16H20N2O3. The molecule has 2 rings (SSSR count). The highest BCUT2D eigenvalue weighted by Gasteiger charge is 2.06. The van der Waals surface area contributed by atoms with Crippen molar-refractivity contribution in [1.29, 1.82) is 0 Å². The fourth-order valence-electron chi connectivity index (χ4n) is 2.31. The zero-order valence-corrected chi connectivity index (χ0v) is 11.9. The SMILES string of the molecule is O=C(NCCC1=CCCC1)NCc1ccc(C(=O)O)cc1. The molecule has 3 N–H and O–H groups in total. The summed E-state index contributed by atoms with van der Waals surface area (Å²) in [6, 6.07) is 6.27. The lowest BCUT2D eigenvalue weighted by atomic mass is 10.1. The first-order chi connectivity index (χ1) is 10.1. The van der Waals surface area contributed by atoms with Crippen molar-refractivity contribution in [1.82, 2.24) is 10.6 Å².